The summed E-state index contributed by atoms with van der Waals surface area (Å²) in [5.41, 5.74) is 0.982. The number of nitrogens with one attached hydrogen (secondary N) is 1. The lowest BCUT2D eigenvalue weighted by molar-refractivity contribution is -0.116. The molecule has 0 saturated heterocycles. The fourth-order valence-electron chi connectivity index (χ4n) is 1.80. The van der Waals surface area contributed by atoms with Crippen LogP contribution in [0.15, 0.2) is 29.2 Å². The van der Waals surface area contributed by atoms with Crippen molar-refractivity contribution in [3.8, 4) is 5.75 Å². The van der Waals surface area contributed by atoms with Crippen LogP contribution < -0.4 is 10.1 Å². The van der Waals surface area contributed by atoms with E-state index in [1.807, 2.05) is 38.1 Å². The maximum absolute atomic E-state index is 11.9. The van der Waals surface area contributed by atoms with E-state index < -0.39 is 0 Å². The highest BCUT2D eigenvalue weighted by Crippen LogP contribution is 2.23. The molecule has 0 fully saturated rings. The average Bonchev–Trinajstić information content (AvgIpc) is 2.82. The number of rotatable bonds is 7. The number of nitrogens with zero attached hydrogens (tertiary/aromatic N) is 1. The van der Waals surface area contributed by atoms with Gasteiger partial charge in [0.1, 0.15) is 5.75 Å². The van der Waals surface area contributed by atoms with E-state index >= 15 is 0 Å². The molecule has 1 aromatic heterocycles. The van der Waals surface area contributed by atoms with Crippen molar-refractivity contribution in [2.75, 3.05) is 18.2 Å². The second-order valence-electron chi connectivity index (χ2n) is 4.84. The first-order valence-electron chi connectivity index (χ1n) is 7.09. The summed E-state index contributed by atoms with van der Waals surface area (Å²) in [5.74, 6) is 1.80. The molecule has 1 heterocycles. The molecule has 118 valence electrons. The highest BCUT2D eigenvalue weighted by molar-refractivity contribution is 7.99. The summed E-state index contributed by atoms with van der Waals surface area (Å²) in [7, 11) is 1.66. The monoisotopic (exact) mass is 336 g/mol. The van der Waals surface area contributed by atoms with Gasteiger partial charge in [0, 0.05) is 16.2 Å². The van der Waals surface area contributed by atoms with Crippen molar-refractivity contribution in [2.45, 2.75) is 31.6 Å². The number of carbonyl (C=O) groups is 1. The van der Waals surface area contributed by atoms with Crippen molar-refractivity contribution in [3.05, 3.63) is 34.8 Å². The molecular weight excluding hydrogens is 316 g/mol. The van der Waals surface area contributed by atoms with Gasteiger partial charge < -0.3 is 10.1 Å². The van der Waals surface area contributed by atoms with Crippen molar-refractivity contribution in [3.63, 3.8) is 0 Å². The molecule has 0 atom stereocenters. The van der Waals surface area contributed by atoms with Gasteiger partial charge in [-0.15, -0.1) is 23.1 Å². The molecule has 0 aliphatic heterocycles. The van der Waals surface area contributed by atoms with Crippen LogP contribution in [-0.2, 0) is 4.79 Å². The second kappa shape index (κ2) is 8.19. The predicted molar refractivity (Wildman–Crippen MR) is 93.2 cm³/mol. The summed E-state index contributed by atoms with van der Waals surface area (Å²) < 4.78 is 5.13. The normalized spacial score (nSPS) is 10.5. The minimum Gasteiger partial charge on any atom is -0.497 e. The molecule has 0 saturated carbocycles. The van der Waals surface area contributed by atoms with Crippen LogP contribution in [-0.4, -0.2) is 23.8 Å². The molecule has 0 unspecified atom stereocenters. The van der Waals surface area contributed by atoms with Gasteiger partial charge in [-0.05, 0) is 50.3 Å². The number of carbonyl (C=O) groups excluding carboxylic acids is 1. The highest BCUT2D eigenvalue weighted by Gasteiger charge is 2.07. The summed E-state index contributed by atoms with van der Waals surface area (Å²) in [6, 6.07) is 7.96. The van der Waals surface area contributed by atoms with E-state index in [1.165, 1.54) is 16.2 Å². The third kappa shape index (κ3) is 5.03. The van der Waals surface area contributed by atoms with Gasteiger partial charge in [-0.2, -0.15) is 0 Å². The number of hydrogen-bond acceptors (Lipinski definition) is 5. The topological polar surface area (TPSA) is 51.2 Å². The zero-order valence-corrected chi connectivity index (χ0v) is 14.6. The molecule has 1 N–H and O–H groups in total. The highest BCUT2D eigenvalue weighted by atomic mass is 32.2. The number of hydrogen-bond donors (Lipinski definition) is 1. The predicted octanol–water partition coefficient (Wildman–Crippen LogP) is 4.28. The van der Waals surface area contributed by atoms with Crippen LogP contribution >= 0.6 is 23.1 Å². The van der Waals surface area contributed by atoms with Crippen molar-refractivity contribution >= 4 is 34.1 Å². The number of ether oxygens (including phenoxy) is 1. The molecule has 0 aliphatic rings. The van der Waals surface area contributed by atoms with Crippen LogP contribution in [0.4, 0.5) is 5.13 Å². The van der Waals surface area contributed by atoms with E-state index in [0.717, 1.165) is 28.5 Å². The summed E-state index contributed by atoms with van der Waals surface area (Å²) >= 11 is 3.27. The van der Waals surface area contributed by atoms with Crippen LogP contribution in [0.1, 0.15) is 23.4 Å². The Balaban J connectivity index is 1.68. The third-order valence-electron chi connectivity index (χ3n) is 3.15. The maximum atomic E-state index is 11.9. The van der Waals surface area contributed by atoms with E-state index in [4.69, 9.17) is 4.74 Å². The van der Waals surface area contributed by atoms with E-state index in [1.54, 1.807) is 18.9 Å². The second-order valence-corrected chi connectivity index (χ2v) is 7.21. The maximum Gasteiger partial charge on any atom is 0.226 e. The largest absolute Gasteiger partial charge is 0.497 e. The lowest BCUT2D eigenvalue weighted by atomic mass is 10.3. The fourth-order valence-corrected chi connectivity index (χ4v) is 3.49. The average molecular weight is 336 g/mol. The van der Waals surface area contributed by atoms with Gasteiger partial charge in [-0.3, -0.25) is 4.79 Å². The number of thioether (sulfide) groups is 1. The lowest BCUT2D eigenvalue weighted by Gasteiger charge is -2.04. The fraction of sp³-hybridized carbons (Fsp3) is 0.375. The van der Waals surface area contributed by atoms with E-state index in [9.17, 15) is 4.79 Å². The van der Waals surface area contributed by atoms with Crippen molar-refractivity contribution in [2.24, 2.45) is 0 Å². The molecule has 2 rings (SSSR count). The van der Waals surface area contributed by atoms with E-state index in [-0.39, 0.29) is 5.91 Å². The summed E-state index contributed by atoms with van der Waals surface area (Å²) in [6.45, 7) is 3.96. The molecule has 0 aliphatic carbocycles. The molecule has 2 aromatic rings. The Hall–Kier alpha value is -1.53. The van der Waals surface area contributed by atoms with Crippen LogP contribution in [0.2, 0.25) is 0 Å². The van der Waals surface area contributed by atoms with Gasteiger partial charge >= 0.3 is 0 Å². The van der Waals surface area contributed by atoms with Gasteiger partial charge in [-0.1, -0.05) is 0 Å². The molecule has 0 radical (unpaired) electrons. The number of amides is 1. The minimum atomic E-state index is 0.0316. The van der Waals surface area contributed by atoms with Gasteiger partial charge in [0.25, 0.3) is 0 Å². The van der Waals surface area contributed by atoms with Gasteiger partial charge in [0.15, 0.2) is 5.13 Å². The van der Waals surface area contributed by atoms with Crippen molar-refractivity contribution in [1.82, 2.24) is 4.98 Å². The zero-order valence-electron chi connectivity index (χ0n) is 13.0. The Kier molecular flexibility index (Phi) is 6.27. The number of aromatic nitrogens is 1. The zero-order chi connectivity index (χ0) is 15.9. The van der Waals surface area contributed by atoms with Crippen LogP contribution in [0.25, 0.3) is 0 Å². The molecule has 4 nitrogen and oxygen atoms in total. The summed E-state index contributed by atoms with van der Waals surface area (Å²) in [6.07, 6.45) is 1.35. The first-order valence-corrected chi connectivity index (χ1v) is 8.89. The Labute approximate surface area is 139 Å². The van der Waals surface area contributed by atoms with Crippen molar-refractivity contribution < 1.29 is 9.53 Å². The molecular formula is C16H20N2O2S2. The number of anilines is 1. The van der Waals surface area contributed by atoms with E-state index in [2.05, 4.69) is 10.3 Å². The standard InChI is InChI=1S/C16H20N2O2S2/c1-11-12(2)22-16(17-11)18-15(19)5-4-10-21-14-8-6-13(20-3)7-9-14/h6-9H,4-5,10H2,1-3H3,(H,17,18,19). The number of methoxy groups -OCH3 is 1. The third-order valence-corrected chi connectivity index (χ3v) is 5.24. The first kappa shape index (κ1) is 16.8. The Bertz CT molecular complexity index is 604. The van der Waals surface area contributed by atoms with Gasteiger partial charge in [0.05, 0.1) is 12.8 Å². The molecule has 0 bridgehead atoms. The van der Waals surface area contributed by atoms with Crippen LogP contribution in [0.3, 0.4) is 0 Å². The Morgan fingerprint density at radius 2 is 2.05 bits per heavy atom. The molecule has 22 heavy (non-hydrogen) atoms. The Morgan fingerprint density at radius 1 is 1.32 bits per heavy atom. The van der Waals surface area contributed by atoms with Gasteiger partial charge in [0.2, 0.25) is 5.91 Å². The smallest absolute Gasteiger partial charge is 0.226 e. The quantitative estimate of drug-likeness (QED) is 0.606. The number of benzene rings is 1. The molecule has 6 heteroatoms. The minimum absolute atomic E-state index is 0.0316. The van der Waals surface area contributed by atoms with Crippen molar-refractivity contribution in [1.29, 1.82) is 0 Å². The first-order chi connectivity index (χ1) is 10.6. The van der Waals surface area contributed by atoms with Crippen LogP contribution in [0.5, 0.6) is 5.75 Å². The summed E-state index contributed by atoms with van der Waals surface area (Å²) in [4.78, 5) is 18.5. The van der Waals surface area contributed by atoms with Crippen LogP contribution in [0, 0.1) is 13.8 Å². The lowest BCUT2D eigenvalue weighted by Crippen LogP contribution is -2.11. The SMILES string of the molecule is COc1ccc(SCCCC(=O)Nc2nc(C)c(C)s2)cc1. The number of thiazole rings is 1. The number of aryl methyl sites for hydroxylation is 2. The Morgan fingerprint density at radius 3 is 2.64 bits per heavy atom. The summed E-state index contributed by atoms with van der Waals surface area (Å²) in [5, 5.41) is 3.56. The molecule has 0 spiro atoms. The van der Waals surface area contributed by atoms with E-state index in [0.29, 0.717) is 11.6 Å². The van der Waals surface area contributed by atoms with Gasteiger partial charge in [-0.25, -0.2) is 4.98 Å². The molecule has 1 amide bonds. The molecule has 1 aromatic carbocycles.